The van der Waals surface area contributed by atoms with Gasteiger partial charge < -0.3 is 5.11 Å². The second-order valence-corrected chi connectivity index (χ2v) is 5.10. The number of hydrogen-bond acceptors (Lipinski definition) is 2. The molecule has 0 amide bonds. The number of hydrogen-bond donors (Lipinski definition) is 1. The molecule has 1 saturated carbocycles. The van der Waals surface area contributed by atoms with Crippen LogP contribution >= 0.6 is 0 Å². The van der Waals surface area contributed by atoms with Crippen molar-refractivity contribution in [2.24, 2.45) is 11.3 Å². The molecule has 2 nitrogen and oxygen atoms in total. The number of nitriles is 1. The van der Waals surface area contributed by atoms with E-state index in [1.165, 1.54) is 0 Å². The van der Waals surface area contributed by atoms with E-state index in [-0.39, 0.29) is 0 Å². The van der Waals surface area contributed by atoms with Gasteiger partial charge in [-0.05, 0) is 30.7 Å². The summed E-state index contributed by atoms with van der Waals surface area (Å²) in [5, 5.41) is 19.9. The number of aliphatic hydroxyl groups is 1. The first-order valence-electron chi connectivity index (χ1n) is 6.36. The maximum absolute atomic E-state index is 10.5. The molecule has 0 aromatic heterocycles. The molecule has 1 aromatic rings. The van der Waals surface area contributed by atoms with Crippen molar-refractivity contribution in [3.8, 4) is 6.07 Å². The third kappa shape index (κ3) is 2.21. The predicted molar refractivity (Wildman–Crippen MR) is 67.1 cm³/mol. The Morgan fingerprint density at radius 1 is 1.47 bits per heavy atom. The Kier molecular flexibility index (Phi) is 3.49. The maximum Gasteiger partial charge on any atom is 0.0976 e. The van der Waals surface area contributed by atoms with Crippen LogP contribution in [-0.2, 0) is 0 Å². The van der Waals surface area contributed by atoms with Crippen LogP contribution in [0.25, 0.3) is 0 Å². The molecule has 1 fully saturated rings. The molecule has 3 unspecified atom stereocenters. The Bertz CT molecular complexity index is 409. The van der Waals surface area contributed by atoms with E-state index < -0.39 is 11.5 Å². The van der Waals surface area contributed by atoms with Gasteiger partial charge in [0.15, 0.2) is 0 Å². The van der Waals surface area contributed by atoms with Crippen LogP contribution in [0.15, 0.2) is 30.3 Å². The second-order valence-electron chi connectivity index (χ2n) is 5.10. The van der Waals surface area contributed by atoms with Gasteiger partial charge >= 0.3 is 0 Å². The van der Waals surface area contributed by atoms with Gasteiger partial charge in [-0.1, -0.05) is 43.7 Å². The van der Waals surface area contributed by atoms with Crippen LogP contribution in [0, 0.1) is 22.7 Å². The topological polar surface area (TPSA) is 44.0 Å². The van der Waals surface area contributed by atoms with Crippen LogP contribution in [0.4, 0.5) is 0 Å². The molecule has 1 aliphatic carbocycles. The van der Waals surface area contributed by atoms with Crippen molar-refractivity contribution in [3.63, 3.8) is 0 Å². The molecule has 0 aliphatic heterocycles. The third-order valence-electron chi connectivity index (χ3n) is 4.09. The van der Waals surface area contributed by atoms with Crippen molar-refractivity contribution in [2.45, 2.75) is 38.7 Å². The molecule has 2 rings (SSSR count). The van der Waals surface area contributed by atoms with Crippen LogP contribution in [0.1, 0.15) is 44.3 Å². The Morgan fingerprint density at radius 3 is 2.71 bits per heavy atom. The molecular weight excluding hydrogens is 210 g/mol. The second kappa shape index (κ2) is 4.89. The van der Waals surface area contributed by atoms with Gasteiger partial charge in [-0.25, -0.2) is 0 Å². The lowest BCUT2D eigenvalue weighted by Crippen LogP contribution is -2.24. The Morgan fingerprint density at radius 2 is 2.18 bits per heavy atom. The maximum atomic E-state index is 10.5. The standard InChI is InChI=1S/C15H19NO/c1-2-12-8-9-15(10-12,11-16)14(17)13-6-4-3-5-7-13/h3-7,12,14,17H,2,8-10H2,1H3. The molecule has 0 saturated heterocycles. The highest BCUT2D eigenvalue weighted by Gasteiger charge is 2.45. The van der Waals surface area contributed by atoms with Crippen molar-refractivity contribution >= 4 is 0 Å². The van der Waals surface area contributed by atoms with E-state index in [1.807, 2.05) is 30.3 Å². The van der Waals surface area contributed by atoms with Gasteiger partial charge in [0, 0.05) is 0 Å². The highest BCUT2D eigenvalue weighted by atomic mass is 16.3. The van der Waals surface area contributed by atoms with Gasteiger partial charge in [0.25, 0.3) is 0 Å². The van der Waals surface area contributed by atoms with Gasteiger partial charge in [-0.2, -0.15) is 5.26 Å². The lowest BCUT2D eigenvalue weighted by Gasteiger charge is -2.27. The summed E-state index contributed by atoms with van der Waals surface area (Å²) in [7, 11) is 0. The van der Waals surface area contributed by atoms with Crippen molar-refractivity contribution in [3.05, 3.63) is 35.9 Å². The van der Waals surface area contributed by atoms with Crippen LogP contribution < -0.4 is 0 Å². The summed E-state index contributed by atoms with van der Waals surface area (Å²) in [5.41, 5.74) is 0.299. The summed E-state index contributed by atoms with van der Waals surface area (Å²) in [6, 6.07) is 12.0. The van der Waals surface area contributed by atoms with Crippen LogP contribution in [0.2, 0.25) is 0 Å². The zero-order valence-corrected chi connectivity index (χ0v) is 10.3. The summed E-state index contributed by atoms with van der Waals surface area (Å²) < 4.78 is 0. The molecule has 0 bridgehead atoms. The summed E-state index contributed by atoms with van der Waals surface area (Å²) in [4.78, 5) is 0. The fraction of sp³-hybridized carbons (Fsp3) is 0.533. The van der Waals surface area contributed by atoms with Gasteiger partial charge in [0.1, 0.15) is 0 Å². The molecule has 0 radical (unpaired) electrons. The van der Waals surface area contributed by atoms with E-state index in [0.29, 0.717) is 5.92 Å². The minimum Gasteiger partial charge on any atom is -0.387 e. The molecule has 2 heteroatoms. The molecule has 1 aliphatic rings. The molecule has 0 spiro atoms. The normalized spacial score (nSPS) is 29.8. The highest BCUT2D eigenvalue weighted by Crippen LogP contribution is 2.50. The Labute approximate surface area is 103 Å². The lowest BCUT2D eigenvalue weighted by molar-refractivity contribution is 0.0641. The van der Waals surface area contributed by atoms with E-state index in [4.69, 9.17) is 0 Å². The first-order valence-corrected chi connectivity index (χ1v) is 6.36. The first kappa shape index (κ1) is 12.1. The fourth-order valence-electron chi connectivity index (χ4n) is 2.89. The van der Waals surface area contributed by atoms with E-state index in [0.717, 1.165) is 31.2 Å². The Hall–Kier alpha value is -1.33. The molecule has 17 heavy (non-hydrogen) atoms. The number of aliphatic hydroxyl groups excluding tert-OH is 1. The number of nitrogens with zero attached hydrogens (tertiary/aromatic N) is 1. The van der Waals surface area contributed by atoms with Gasteiger partial charge in [-0.3, -0.25) is 0 Å². The van der Waals surface area contributed by atoms with Gasteiger partial charge in [0.2, 0.25) is 0 Å². The molecular formula is C15H19NO. The average Bonchev–Trinajstić information content (AvgIpc) is 2.84. The molecule has 3 atom stereocenters. The van der Waals surface area contributed by atoms with Crippen LogP contribution in [0.5, 0.6) is 0 Å². The minimum atomic E-state index is -0.648. The van der Waals surface area contributed by atoms with Crippen molar-refractivity contribution < 1.29 is 5.11 Å². The van der Waals surface area contributed by atoms with Gasteiger partial charge in [-0.15, -0.1) is 0 Å². The van der Waals surface area contributed by atoms with E-state index in [1.54, 1.807) is 0 Å². The zero-order chi connectivity index (χ0) is 12.3. The molecule has 0 heterocycles. The predicted octanol–water partition coefficient (Wildman–Crippen LogP) is 3.44. The number of rotatable bonds is 3. The van der Waals surface area contributed by atoms with Crippen LogP contribution in [0.3, 0.4) is 0 Å². The van der Waals surface area contributed by atoms with E-state index >= 15 is 0 Å². The minimum absolute atomic E-state index is 0.567. The first-order chi connectivity index (χ1) is 8.22. The monoisotopic (exact) mass is 229 g/mol. The molecule has 1 aromatic carbocycles. The average molecular weight is 229 g/mol. The van der Waals surface area contributed by atoms with E-state index in [2.05, 4.69) is 13.0 Å². The van der Waals surface area contributed by atoms with Crippen molar-refractivity contribution in [2.75, 3.05) is 0 Å². The SMILES string of the molecule is CCC1CCC(C#N)(C(O)c2ccccc2)C1. The Balaban J connectivity index is 2.23. The molecule has 90 valence electrons. The molecule has 1 N–H and O–H groups in total. The third-order valence-corrected chi connectivity index (χ3v) is 4.09. The quantitative estimate of drug-likeness (QED) is 0.862. The van der Waals surface area contributed by atoms with E-state index in [9.17, 15) is 10.4 Å². The smallest absolute Gasteiger partial charge is 0.0976 e. The van der Waals surface area contributed by atoms with Crippen LogP contribution in [-0.4, -0.2) is 5.11 Å². The number of benzene rings is 1. The largest absolute Gasteiger partial charge is 0.387 e. The summed E-state index contributed by atoms with van der Waals surface area (Å²) >= 11 is 0. The highest BCUT2D eigenvalue weighted by molar-refractivity contribution is 5.24. The summed E-state index contributed by atoms with van der Waals surface area (Å²) in [6.07, 6.45) is 3.16. The van der Waals surface area contributed by atoms with Crippen molar-refractivity contribution in [1.29, 1.82) is 5.26 Å². The lowest BCUT2D eigenvalue weighted by atomic mass is 9.78. The summed E-state index contributed by atoms with van der Waals surface area (Å²) in [6.45, 7) is 2.16. The zero-order valence-electron chi connectivity index (χ0n) is 10.3. The summed E-state index contributed by atoms with van der Waals surface area (Å²) in [5.74, 6) is 0.591. The van der Waals surface area contributed by atoms with Gasteiger partial charge in [0.05, 0.1) is 17.6 Å². The fourth-order valence-corrected chi connectivity index (χ4v) is 2.89. The van der Waals surface area contributed by atoms with Crippen molar-refractivity contribution in [1.82, 2.24) is 0 Å².